The van der Waals surface area contributed by atoms with Gasteiger partial charge in [-0.05, 0) is 0 Å². The number of rotatable bonds is 0. The van der Waals surface area contributed by atoms with Crippen molar-refractivity contribution < 1.29 is 20.1 Å². The molecule has 0 radical (unpaired) electrons. The second-order valence-corrected chi connectivity index (χ2v) is 5.26. The SMILES string of the molecule is O=C1OI(O)c2cc(F)c(F)cc21. The van der Waals surface area contributed by atoms with Crippen LogP contribution in [0.2, 0.25) is 0 Å². The van der Waals surface area contributed by atoms with E-state index in [4.69, 9.17) is 0 Å². The molecule has 0 saturated heterocycles. The summed E-state index contributed by atoms with van der Waals surface area (Å²) in [5.74, 6) is -2.96. The van der Waals surface area contributed by atoms with Gasteiger partial charge < -0.3 is 0 Å². The molecule has 0 bridgehead atoms. The molecule has 0 unspecified atom stereocenters. The number of hydrogen-bond acceptors (Lipinski definition) is 3. The second kappa shape index (κ2) is 2.88. The minimum atomic E-state index is -2.98. The van der Waals surface area contributed by atoms with Crippen molar-refractivity contribution in [1.29, 1.82) is 0 Å². The molecule has 0 saturated carbocycles. The van der Waals surface area contributed by atoms with Crippen molar-refractivity contribution in [2.45, 2.75) is 0 Å². The molecule has 1 aliphatic rings. The van der Waals surface area contributed by atoms with Crippen LogP contribution < -0.4 is 0 Å². The first kappa shape index (κ1) is 8.82. The topological polar surface area (TPSA) is 46.5 Å². The molecule has 0 spiro atoms. The zero-order valence-electron chi connectivity index (χ0n) is 6.05. The number of fused-ring (bicyclic) bond motifs is 1. The van der Waals surface area contributed by atoms with Gasteiger partial charge in [-0.2, -0.15) is 0 Å². The van der Waals surface area contributed by atoms with Crippen LogP contribution in [0.5, 0.6) is 0 Å². The van der Waals surface area contributed by atoms with E-state index in [9.17, 15) is 17.0 Å². The Morgan fingerprint density at radius 3 is 2.62 bits per heavy atom. The van der Waals surface area contributed by atoms with Crippen LogP contribution in [0.3, 0.4) is 0 Å². The van der Waals surface area contributed by atoms with Gasteiger partial charge in [-0.3, -0.25) is 0 Å². The number of carbonyl (C=O) groups excluding carboxylic acids is 1. The quantitative estimate of drug-likeness (QED) is 0.585. The van der Waals surface area contributed by atoms with Crippen LogP contribution in [-0.4, -0.2) is 9.41 Å². The molecule has 13 heavy (non-hydrogen) atoms. The third kappa shape index (κ3) is 1.29. The number of carbonyl (C=O) groups is 1. The average Bonchev–Trinajstić information content (AvgIpc) is 2.31. The summed E-state index contributed by atoms with van der Waals surface area (Å²) < 4.78 is 39.1. The van der Waals surface area contributed by atoms with Crippen LogP contribution >= 0.6 is 20.6 Å². The minimum absolute atomic E-state index is 0.0633. The summed E-state index contributed by atoms with van der Waals surface area (Å²) in [7, 11) is 0. The summed E-state index contributed by atoms with van der Waals surface area (Å²) in [4.78, 5) is 10.9. The van der Waals surface area contributed by atoms with E-state index in [1.807, 2.05) is 0 Å². The Morgan fingerprint density at radius 1 is 1.31 bits per heavy atom. The molecule has 1 N–H and O–H groups in total. The summed E-state index contributed by atoms with van der Waals surface area (Å²) >= 11 is -2.98. The number of hydrogen-bond donors (Lipinski definition) is 1. The van der Waals surface area contributed by atoms with Gasteiger partial charge in [0.2, 0.25) is 0 Å². The Bertz CT molecular complexity index is 394. The molecular formula is C7H3F2IO3. The molecule has 0 atom stereocenters. The van der Waals surface area contributed by atoms with Crippen LogP contribution in [0.1, 0.15) is 10.4 Å². The standard InChI is InChI=1S/C7H3F2IO3/c8-4-1-3-6(2-5(4)9)10(12)13-7(3)11/h1-2,12H. The van der Waals surface area contributed by atoms with Gasteiger partial charge in [-0.15, -0.1) is 0 Å². The number of halogens is 3. The Kier molecular flexibility index (Phi) is 1.95. The molecule has 6 heteroatoms. The van der Waals surface area contributed by atoms with E-state index >= 15 is 0 Å². The van der Waals surface area contributed by atoms with Crippen LogP contribution in [0, 0.1) is 15.2 Å². The zero-order valence-corrected chi connectivity index (χ0v) is 8.21. The molecule has 1 heterocycles. The zero-order chi connectivity index (χ0) is 9.59. The predicted molar refractivity (Wildman–Crippen MR) is 46.7 cm³/mol. The normalized spacial score (nSPS) is 17.2. The van der Waals surface area contributed by atoms with Crippen molar-refractivity contribution in [2.24, 2.45) is 0 Å². The van der Waals surface area contributed by atoms with Gasteiger partial charge in [0.15, 0.2) is 0 Å². The Balaban J connectivity index is 2.65. The fourth-order valence-electron chi connectivity index (χ4n) is 0.962. The van der Waals surface area contributed by atoms with Crippen LogP contribution in [0.4, 0.5) is 8.78 Å². The Labute approximate surface area is 79.8 Å². The van der Waals surface area contributed by atoms with Crippen molar-refractivity contribution in [3.05, 3.63) is 32.9 Å². The van der Waals surface area contributed by atoms with Crippen molar-refractivity contribution in [1.82, 2.24) is 0 Å². The summed E-state index contributed by atoms with van der Waals surface area (Å²) in [6, 6.07) is 1.57. The molecular weight excluding hydrogens is 297 g/mol. The molecule has 70 valence electrons. The van der Waals surface area contributed by atoms with Crippen molar-refractivity contribution in [3.8, 4) is 0 Å². The summed E-state index contributed by atoms with van der Waals surface area (Å²) in [5.41, 5.74) is -0.0633. The van der Waals surface area contributed by atoms with E-state index in [1.54, 1.807) is 0 Å². The monoisotopic (exact) mass is 300 g/mol. The van der Waals surface area contributed by atoms with Crippen LogP contribution in [0.15, 0.2) is 12.1 Å². The van der Waals surface area contributed by atoms with Crippen LogP contribution in [0.25, 0.3) is 0 Å². The third-order valence-electron chi connectivity index (χ3n) is 1.55. The molecule has 1 aromatic rings. The van der Waals surface area contributed by atoms with E-state index in [0.29, 0.717) is 0 Å². The maximum atomic E-state index is 12.6. The summed E-state index contributed by atoms with van der Waals surface area (Å²) in [6.45, 7) is 0. The van der Waals surface area contributed by atoms with Gasteiger partial charge >= 0.3 is 79.6 Å². The predicted octanol–water partition coefficient (Wildman–Crippen LogP) is 1.63. The van der Waals surface area contributed by atoms with E-state index in [0.717, 1.165) is 12.1 Å². The first-order valence-electron chi connectivity index (χ1n) is 3.20. The van der Waals surface area contributed by atoms with E-state index in [2.05, 4.69) is 3.07 Å². The number of benzene rings is 1. The van der Waals surface area contributed by atoms with Gasteiger partial charge in [0.25, 0.3) is 0 Å². The summed E-state index contributed by atoms with van der Waals surface area (Å²) in [6.07, 6.45) is 0. The first-order valence-corrected chi connectivity index (χ1v) is 6.13. The fraction of sp³-hybridized carbons (Fsp3) is 0. The molecule has 0 aliphatic carbocycles. The molecule has 3 nitrogen and oxygen atoms in total. The van der Waals surface area contributed by atoms with E-state index in [-0.39, 0.29) is 9.13 Å². The molecule has 1 aromatic carbocycles. The van der Waals surface area contributed by atoms with Crippen molar-refractivity contribution in [2.75, 3.05) is 0 Å². The first-order chi connectivity index (χ1) is 6.09. The second-order valence-electron chi connectivity index (χ2n) is 2.34. The van der Waals surface area contributed by atoms with Gasteiger partial charge in [-0.1, -0.05) is 0 Å². The average molecular weight is 300 g/mol. The van der Waals surface area contributed by atoms with Gasteiger partial charge in [-0.25, -0.2) is 0 Å². The summed E-state index contributed by atoms with van der Waals surface area (Å²) in [5, 5.41) is 0. The van der Waals surface area contributed by atoms with Gasteiger partial charge in [0.05, 0.1) is 0 Å². The Hall–Kier alpha value is -0.760. The van der Waals surface area contributed by atoms with E-state index in [1.165, 1.54) is 0 Å². The molecule has 0 aromatic heterocycles. The molecule has 0 amide bonds. The Morgan fingerprint density at radius 2 is 1.92 bits per heavy atom. The van der Waals surface area contributed by atoms with Gasteiger partial charge in [0.1, 0.15) is 0 Å². The third-order valence-corrected chi connectivity index (χ3v) is 4.25. The van der Waals surface area contributed by atoms with Crippen molar-refractivity contribution >= 4 is 26.6 Å². The molecule has 1 aliphatic heterocycles. The molecule has 0 fully saturated rings. The fourth-order valence-corrected chi connectivity index (χ4v) is 3.23. The van der Waals surface area contributed by atoms with E-state index < -0.39 is 38.3 Å². The van der Waals surface area contributed by atoms with Crippen molar-refractivity contribution in [3.63, 3.8) is 0 Å². The maximum absolute atomic E-state index is 12.6. The van der Waals surface area contributed by atoms with Crippen LogP contribution in [-0.2, 0) is 3.07 Å². The molecule has 2 rings (SSSR count). The van der Waals surface area contributed by atoms with Gasteiger partial charge in [0, 0.05) is 0 Å².